The van der Waals surface area contributed by atoms with Crippen LogP contribution in [0.1, 0.15) is 26.2 Å². The summed E-state index contributed by atoms with van der Waals surface area (Å²) in [6.45, 7) is 4.99. The summed E-state index contributed by atoms with van der Waals surface area (Å²) < 4.78 is 0. The Morgan fingerprint density at radius 1 is 1.60 bits per heavy atom. The highest BCUT2D eigenvalue weighted by Crippen LogP contribution is 2.12. The molecule has 1 fully saturated rings. The van der Waals surface area contributed by atoms with E-state index in [0.717, 1.165) is 38.2 Å². The minimum atomic E-state index is 0.337. The topological polar surface area (TPSA) is 32.3 Å². The van der Waals surface area contributed by atoms with E-state index in [1.54, 1.807) is 11.8 Å². The standard InChI is InChI=1S/C11H22N2OS/c1-3-4-10-9-12-6-7-13(10)11(14)5-8-15-2/h10,12H,3-9H2,1-2H3. The number of piperazine rings is 1. The molecule has 1 N–H and O–H groups in total. The number of carbonyl (C=O) groups excluding carboxylic acids is 1. The first kappa shape index (κ1) is 12.8. The number of hydrogen-bond donors (Lipinski definition) is 1. The van der Waals surface area contributed by atoms with Crippen molar-refractivity contribution in [3.05, 3.63) is 0 Å². The molecule has 1 unspecified atom stereocenters. The van der Waals surface area contributed by atoms with Crippen LogP contribution in [-0.2, 0) is 4.79 Å². The quantitative estimate of drug-likeness (QED) is 0.773. The summed E-state index contributed by atoms with van der Waals surface area (Å²) in [6, 6.07) is 0.429. The second kappa shape index (κ2) is 7.12. The number of hydrogen-bond acceptors (Lipinski definition) is 3. The molecular formula is C11H22N2OS. The lowest BCUT2D eigenvalue weighted by Crippen LogP contribution is -2.53. The van der Waals surface area contributed by atoms with E-state index in [4.69, 9.17) is 0 Å². The van der Waals surface area contributed by atoms with Gasteiger partial charge < -0.3 is 10.2 Å². The molecule has 1 aliphatic heterocycles. The van der Waals surface area contributed by atoms with Crippen molar-refractivity contribution in [2.45, 2.75) is 32.2 Å². The number of carbonyl (C=O) groups is 1. The van der Waals surface area contributed by atoms with E-state index >= 15 is 0 Å². The van der Waals surface area contributed by atoms with Crippen molar-refractivity contribution in [2.24, 2.45) is 0 Å². The van der Waals surface area contributed by atoms with Crippen LogP contribution < -0.4 is 5.32 Å². The van der Waals surface area contributed by atoms with Gasteiger partial charge in [-0.2, -0.15) is 11.8 Å². The lowest BCUT2D eigenvalue weighted by Gasteiger charge is -2.36. The molecule has 0 aromatic carbocycles. The third kappa shape index (κ3) is 4.03. The predicted molar refractivity (Wildman–Crippen MR) is 66.3 cm³/mol. The number of thioether (sulfide) groups is 1. The fourth-order valence-electron chi connectivity index (χ4n) is 2.01. The lowest BCUT2D eigenvalue weighted by atomic mass is 10.1. The van der Waals surface area contributed by atoms with E-state index in [2.05, 4.69) is 23.4 Å². The van der Waals surface area contributed by atoms with Crippen LogP contribution in [0.3, 0.4) is 0 Å². The van der Waals surface area contributed by atoms with Gasteiger partial charge in [0.1, 0.15) is 0 Å². The summed E-state index contributed by atoms with van der Waals surface area (Å²) in [4.78, 5) is 14.0. The third-order valence-corrected chi connectivity index (χ3v) is 3.42. The highest BCUT2D eigenvalue weighted by atomic mass is 32.2. The van der Waals surface area contributed by atoms with Crippen LogP contribution in [0.15, 0.2) is 0 Å². The summed E-state index contributed by atoms with van der Waals surface area (Å²) in [5, 5.41) is 3.36. The van der Waals surface area contributed by atoms with E-state index in [9.17, 15) is 4.79 Å². The molecular weight excluding hydrogens is 208 g/mol. The van der Waals surface area contributed by atoms with Gasteiger partial charge in [0.05, 0.1) is 0 Å². The molecule has 1 aliphatic rings. The zero-order valence-corrected chi connectivity index (χ0v) is 10.6. The molecule has 1 rings (SSSR count). The van der Waals surface area contributed by atoms with E-state index in [1.165, 1.54) is 0 Å². The monoisotopic (exact) mass is 230 g/mol. The number of amides is 1. The van der Waals surface area contributed by atoms with Crippen LogP contribution in [-0.4, -0.2) is 48.5 Å². The molecule has 3 nitrogen and oxygen atoms in total. The summed E-state index contributed by atoms with van der Waals surface area (Å²) in [5.74, 6) is 1.28. The molecule has 1 amide bonds. The van der Waals surface area contributed by atoms with Crippen LogP contribution in [0, 0.1) is 0 Å². The second-order valence-corrected chi connectivity index (χ2v) is 4.96. The molecule has 0 spiro atoms. The molecule has 0 radical (unpaired) electrons. The van der Waals surface area contributed by atoms with Crippen molar-refractivity contribution in [3.63, 3.8) is 0 Å². The molecule has 0 aliphatic carbocycles. The first-order chi connectivity index (χ1) is 7.29. The van der Waals surface area contributed by atoms with Gasteiger partial charge >= 0.3 is 0 Å². The largest absolute Gasteiger partial charge is 0.337 e. The van der Waals surface area contributed by atoms with Crippen molar-refractivity contribution in [1.82, 2.24) is 10.2 Å². The van der Waals surface area contributed by atoms with Crippen LogP contribution in [0.2, 0.25) is 0 Å². The summed E-state index contributed by atoms with van der Waals surface area (Å²) in [6.07, 6.45) is 5.02. The molecule has 0 bridgehead atoms. The van der Waals surface area contributed by atoms with Crippen LogP contribution in [0.4, 0.5) is 0 Å². The molecule has 1 atom stereocenters. The van der Waals surface area contributed by atoms with Crippen LogP contribution in [0.25, 0.3) is 0 Å². The van der Waals surface area contributed by atoms with Gasteiger partial charge in [-0.1, -0.05) is 13.3 Å². The molecule has 15 heavy (non-hydrogen) atoms. The average molecular weight is 230 g/mol. The van der Waals surface area contributed by atoms with Gasteiger partial charge in [-0.05, 0) is 12.7 Å². The van der Waals surface area contributed by atoms with E-state index in [-0.39, 0.29) is 0 Å². The van der Waals surface area contributed by atoms with E-state index in [0.29, 0.717) is 18.4 Å². The van der Waals surface area contributed by atoms with Gasteiger partial charge in [-0.25, -0.2) is 0 Å². The Labute approximate surface area is 97.0 Å². The maximum absolute atomic E-state index is 11.9. The Morgan fingerprint density at radius 3 is 3.07 bits per heavy atom. The molecule has 88 valence electrons. The SMILES string of the molecule is CCCC1CNCCN1C(=O)CCSC. The summed E-state index contributed by atoms with van der Waals surface area (Å²) >= 11 is 1.75. The Bertz CT molecular complexity index is 197. The van der Waals surface area contributed by atoms with E-state index in [1.807, 2.05) is 0 Å². The van der Waals surface area contributed by atoms with Gasteiger partial charge in [0.2, 0.25) is 5.91 Å². The zero-order chi connectivity index (χ0) is 11.1. The summed E-state index contributed by atoms with van der Waals surface area (Å²) in [7, 11) is 0. The zero-order valence-electron chi connectivity index (χ0n) is 9.79. The molecule has 4 heteroatoms. The Kier molecular flexibility index (Phi) is 6.10. The van der Waals surface area contributed by atoms with Gasteiger partial charge in [0, 0.05) is 37.8 Å². The van der Waals surface area contributed by atoms with Gasteiger partial charge in [-0.15, -0.1) is 0 Å². The lowest BCUT2D eigenvalue weighted by molar-refractivity contribution is -0.134. The fraction of sp³-hybridized carbons (Fsp3) is 0.909. The minimum absolute atomic E-state index is 0.337. The number of nitrogens with one attached hydrogen (secondary N) is 1. The van der Waals surface area contributed by atoms with E-state index < -0.39 is 0 Å². The highest BCUT2D eigenvalue weighted by molar-refractivity contribution is 7.98. The highest BCUT2D eigenvalue weighted by Gasteiger charge is 2.24. The average Bonchev–Trinajstić information content (AvgIpc) is 2.27. The van der Waals surface area contributed by atoms with Crippen molar-refractivity contribution < 1.29 is 4.79 Å². The number of nitrogens with zero attached hydrogens (tertiary/aromatic N) is 1. The van der Waals surface area contributed by atoms with Crippen molar-refractivity contribution in [2.75, 3.05) is 31.6 Å². The van der Waals surface area contributed by atoms with Crippen molar-refractivity contribution in [1.29, 1.82) is 0 Å². The van der Waals surface area contributed by atoms with Crippen molar-refractivity contribution in [3.8, 4) is 0 Å². The Balaban J connectivity index is 2.43. The smallest absolute Gasteiger partial charge is 0.223 e. The third-order valence-electron chi connectivity index (χ3n) is 2.81. The molecule has 0 saturated carbocycles. The van der Waals surface area contributed by atoms with Crippen LogP contribution in [0.5, 0.6) is 0 Å². The maximum atomic E-state index is 11.9. The van der Waals surface area contributed by atoms with Gasteiger partial charge in [0.25, 0.3) is 0 Å². The summed E-state index contributed by atoms with van der Waals surface area (Å²) in [5.41, 5.74) is 0. The molecule has 0 aromatic rings. The molecule has 0 aromatic heterocycles. The van der Waals surface area contributed by atoms with Gasteiger partial charge in [-0.3, -0.25) is 4.79 Å². The van der Waals surface area contributed by atoms with Crippen molar-refractivity contribution >= 4 is 17.7 Å². The minimum Gasteiger partial charge on any atom is -0.337 e. The first-order valence-corrected chi connectivity index (χ1v) is 7.18. The van der Waals surface area contributed by atoms with Gasteiger partial charge in [0.15, 0.2) is 0 Å². The van der Waals surface area contributed by atoms with Crippen LogP contribution >= 0.6 is 11.8 Å². The fourth-order valence-corrected chi connectivity index (χ4v) is 2.39. The Hall–Kier alpha value is -0.220. The normalized spacial score (nSPS) is 21.7. The maximum Gasteiger partial charge on any atom is 0.223 e. The molecule has 1 heterocycles. The number of rotatable bonds is 5. The Morgan fingerprint density at radius 2 is 2.40 bits per heavy atom. The predicted octanol–water partition coefficient (Wildman–Crippen LogP) is 1.34. The second-order valence-electron chi connectivity index (χ2n) is 3.98. The molecule has 1 saturated heterocycles. The first-order valence-electron chi connectivity index (χ1n) is 5.78.